The van der Waals surface area contributed by atoms with Gasteiger partial charge in [-0.2, -0.15) is 6.07 Å². The zero-order valence-electron chi connectivity index (χ0n) is 46.8. The Morgan fingerprint density at radius 2 is 1.05 bits per heavy atom. The van der Waals surface area contributed by atoms with Gasteiger partial charge in [-0.25, -0.2) is 4.98 Å². The van der Waals surface area contributed by atoms with Crippen molar-refractivity contribution in [3.05, 3.63) is 222 Å². The van der Waals surface area contributed by atoms with Crippen molar-refractivity contribution < 1.29 is 25.8 Å². The van der Waals surface area contributed by atoms with Crippen LogP contribution >= 0.6 is 0 Å². The molecule has 5 heterocycles. The molecule has 2 saturated heterocycles. The van der Waals surface area contributed by atoms with E-state index in [0.29, 0.717) is 11.5 Å². The van der Waals surface area contributed by atoms with Crippen molar-refractivity contribution in [3.63, 3.8) is 0 Å². The summed E-state index contributed by atoms with van der Waals surface area (Å²) in [4.78, 5) is 20.1. The molecule has 9 nitrogen and oxygen atoms in total. The summed E-state index contributed by atoms with van der Waals surface area (Å²) in [7, 11) is 9.24. The van der Waals surface area contributed by atoms with Gasteiger partial charge in [0.15, 0.2) is 0 Å². The number of benzene rings is 7. The van der Waals surface area contributed by atoms with Crippen molar-refractivity contribution >= 4 is 44.6 Å². The predicted molar refractivity (Wildman–Crippen MR) is 316 cm³/mol. The molecule has 9 aromatic rings. The Kier molecular flexibility index (Phi) is 14.1. The Labute approximate surface area is 476 Å². The summed E-state index contributed by atoms with van der Waals surface area (Å²) in [5.41, 5.74) is 11.9. The second-order valence-electron chi connectivity index (χ2n) is 23.6. The summed E-state index contributed by atoms with van der Waals surface area (Å²) in [6.45, 7) is 19.6. The first kappa shape index (κ1) is 53.4. The van der Waals surface area contributed by atoms with Gasteiger partial charge in [0.05, 0.1) is 0 Å². The Morgan fingerprint density at radius 3 is 1.63 bits per heavy atom. The quantitative estimate of drug-likeness (QED) is 0.133. The van der Waals surface area contributed by atoms with Gasteiger partial charge in [-0.15, -0.1) is 53.6 Å². The SMILES string of the molecule is CN1CCCN(C)C1(c1ccccc1)c1cccc(C2(c3ccccc3)N(C)CCCN2C)c1N1[CH-]N(c2[c-]c(Oc3[c-]c4c(cc3)c3ccccc3n4-c3cc(C(C)(C)C)ccn3)cc(C(C)(C)C)c2)c2ccccc21.[Pt]. The van der Waals surface area contributed by atoms with Gasteiger partial charge in [0.1, 0.15) is 17.1 Å². The fourth-order valence-corrected chi connectivity index (χ4v) is 13.0. The monoisotopic (exact) mass is 1210 g/mol. The van der Waals surface area contributed by atoms with Gasteiger partial charge in [-0.3, -0.25) is 19.6 Å². The molecule has 0 N–H and O–H groups in total. The first-order valence-electron chi connectivity index (χ1n) is 27.4. The van der Waals surface area contributed by atoms with E-state index in [1.165, 1.54) is 27.8 Å². The summed E-state index contributed by atoms with van der Waals surface area (Å²) < 4.78 is 9.26. The molecule has 0 radical (unpaired) electrons. The van der Waals surface area contributed by atoms with E-state index < -0.39 is 11.3 Å². The van der Waals surface area contributed by atoms with Crippen LogP contribution < -0.4 is 14.5 Å². The molecular weight excluding hydrogens is 1140 g/mol. The molecular formula is C68H71N8OPt-3. The van der Waals surface area contributed by atoms with Crippen molar-refractivity contribution in [2.45, 2.75) is 76.5 Å². The Bertz CT molecular complexity index is 3530. The Hall–Kier alpha value is -6.58. The number of para-hydroxylation sites is 4. The maximum absolute atomic E-state index is 7.03. The summed E-state index contributed by atoms with van der Waals surface area (Å²) in [6.07, 6.45) is 4.07. The van der Waals surface area contributed by atoms with E-state index in [2.05, 4.69) is 280 Å². The number of anilines is 4. The molecule has 3 aliphatic heterocycles. The van der Waals surface area contributed by atoms with E-state index in [-0.39, 0.29) is 31.9 Å². The molecule has 7 aromatic carbocycles. The number of pyridine rings is 1. The summed E-state index contributed by atoms with van der Waals surface area (Å²) in [5, 5.41) is 2.23. The number of aromatic nitrogens is 2. The smallest absolute Gasteiger partial charge is 0.135 e. The molecule has 0 spiro atoms. The minimum absolute atomic E-state index is 0. The van der Waals surface area contributed by atoms with Gasteiger partial charge < -0.3 is 19.1 Å². The molecule has 0 aliphatic carbocycles. The van der Waals surface area contributed by atoms with E-state index in [0.717, 1.165) is 95.0 Å². The maximum Gasteiger partial charge on any atom is 0.135 e. The topological polar surface area (TPSA) is 46.5 Å². The molecule has 0 unspecified atom stereocenters. The summed E-state index contributed by atoms with van der Waals surface area (Å²) in [6, 6.07) is 67.3. The van der Waals surface area contributed by atoms with Crippen LogP contribution in [0.4, 0.5) is 22.7 Å². The summed E-state index contributed by atoms with van der Waals surface area (Å²) in [5.74, 6) is 2.07. The molecule has 0 amide bonds. The number of hydrogen-bond acceptors (Lipinski definition) is 8. The van der Waals surface area contributed by atoms with E-state index in [9.17, 15) is 0 Å². The second-order valence-corrected chi connectivity index (χ2v) is 23.6. The van der Waals surface area contributed by atoms with Gasteiger partial charge >= 0.3 is 0 Å². The van der Waals surface area contributed by atoms with Crippen LogP contribution in [0.15, 0.2) is 170 Å². The van der Waals surface area contributed by atoms with Gasteiger partial charge in [0.2, 0.25) is 0 Å². The average molecular weight is 1210 g/mol. The number of hydrogen-bond donors (Lipinski definition) is 0. The van der Waals surface area contributed by atoms with Gasteiger partial charge in [-0.05, 0) is 104 Å². The van der Waals surface area contributed by atoms with E-state index in [1.54, 1.807) is 0 Å². The number of rotatable bonds is 9. The first-order valence-corrected chi connectivity index (χ1v) is 27.4. The van der Waals surface area contributed by atoms with Crippen LogP contribution in [-0.2, 0) is 43.2 Å². The van der Waals surface area contributed by atoms with Crippen LogP contribution in [0.5, 0.6) is 11.5 Å². The molecule has 0 bridgehead atoms. The second kappa shape index (κ2) is 20.6. The average Bonchev–Trinajstić information content (AvgIpc) is 3.43. The Balaban J connectivity index is 0.00000645. The largest absolute Gasteiger partial charge is 0.509 e. The predicted octanol–water partition coefficient (Wildman–Crippen LogP) is 14.5. The number of nitrogens with zero attached hydrogens (tertiary/aromatic N) is 8. The van der Waals surface area contributed by atoms with Crippen LogP contribution in [0.1, 0.15) is 87.8 Å². The minimum atomic E-state index is -0.612. The van der Waals surface area contributed by atoms with Gasteiger partial charge in [0.25, 0.3) is 0 Å². The van der Waals surface area contributed by atoms with Crippen molar-refractivity contribution in [2.75, 3.05) is 64.2 Å². The van der Waals surface area contributed by atoms with E-state index >= 15 is 0 Å². The number of fused-ring (bicyclic) bond motifs is 4. The van der Waals surface area contributed by atoms with E-state index in [1.807, 2.05) is 12.3 Å². The van der Waals surface area contributed by atoms with Crippen molar-refractivity contribution in [1.29, 1.82) is 0 Å². The maximum atomic E-state index is 7.03. The normalized spacial score (nSPS) is 17.4. The van der Waals surface area contributed by atoms with Crippen LogP contribution in [0.2, 0.25) is 0 Å². The van der Waals surface area contributed by atoms with Crippen LogP contribution in [0.3, 0.4) is 0 Å². The van der Waals surface area contributed by atoms with Gasteiger partial charge in [0, 0.05) is 98.6 Å². The standard InChI is InChI=1S/C68H71N8O.Pt/c1-65(2,3)50-36-37-69-63(44-50)76-59-31-18-17-28-55(59)56-35-34-53(46-62(56)76)77-54-43-51(66(4,5)6)42-52(45-54)74-47-75(61-33-20-19-32-60(61)74)64-57(67(48-24-13-11-14-25-48)70(7)38-22-39-71(67)8)29-21-30-58(64)68(49-26-15-12-16-27-49)72(9)40-23-41-73(68)10;/h11-21,24-37,42-44,47H,22-23,38-41H2,1-10H3;/q-3;. The molecule has 0 atom stereocenters. The molecule has 2 aromatic heterocycles. The van der Waals surface area contributed by atoms with E-state index in [4.69, 9.17) is 9.72 Å². The molecule has 402 valence electrons. The van der Waals surface area contributed by atoms with Crippen molar-refractivity contribution in [2.24, 2.45) is 0 Å². The van der Waals surface area contributed by atoms with Gasteiger partial charge in [-0.1, -0.05) is 156 Å². The Morgan fingerprint density at radius 1 is 0.513 bits per heavy atom. The molecule has 10 heteroatoms. The third kappa shape index (κ3) is 8.78. The molecule has 3 aliphatic rings. The molecule has 2 fully saturated rings. The van der Waals surface area contributed by atoms with Crippen molar-refractivity contribution in [1.82, 2.24) is 29.2 Å². The zero-order chi connectivity index (χ0) is 53.4. The first-order chi connectivity index (χ1) is 37.1. The van der Waals surface area contributed by atoms with Crippen molar-refractivity contribution in [3.8, 4) is 17.3 Å². The molecule has 12 rings (SSSR count). The fraction of sp³-hybridized carbons (Fsp3) is 0.294. The molecule has 0 saturated carbocycles. The van der Waals surface area contributed by atoms with Crippen LogP contribution in [0.25, 0.3) is 27.6 Å². The minimum Gasteiger partial charge on any atom is -0.509 e. The van der Waals surface area contributed by atoms with Crippen LogP contribution in [-0.4, -0.2) is 83.5 Å². The fourth-order valence-electron chi connectivity index (χ4n) is 13.0. The third-order valence-electron chi connectivity index (χ3n) is 16.8. The third-order valence-corrected chi connectivity index (χ3v) is 16.8. The van der Waals surface area contributed by atoms with Crippen LogP contribution in [0, 0.1) is 18.8 Å². The molecule has 78 heavy (non-hydrogen) atoms. The number of ether oxygens (including phenoxy) is 1. The zero-order valence-corrected chi connectivity index (χ0v) is 49.1. The summed E-state index contributed by atoms with van der Waals surface area (Å²) >= 11 is 0.